The molecule has 6 nitrogen and oxygen atoms in total. The third-order valence-electron chi connectivity index (χ3n) is 4.51. The van der Waals surface area contributed by atoms with Crippen LogP contribution in [0.5, 0.6) is 0 Å². The van der Waals surface area contributed by atoms with Crippen LogP contribution in [0.3, 0.4) is 0 Å². The Bertz CT molecular complexity index is 706. The van der Waals surface area contributed by atoms with E-state index in [9.17, 15) is 13.2 Å². The van der Waals surface area contributed by atoms with Gasteiger partial charge < -0.3 is 10.1 Å². The van der Waals surface area contributed by atoms with Gasteiger partial charge in [-0.05, 0) is 23.1 Å². The molecule has 2 rings (SSSR count). The SMILES string of the molecule is CN(C)S(=O)(=O)C[C@@H]1COC[C@H]1NC(=O)c1ccc(C(C)(C)C)cc1. The lowest BCUT2D eigenvalue weighted by Crippen LogP contribution is -2.43. The van der Waals surface area contributed by atoms with Crippen molar-refractivity contribution >= 4 is 15.9 Å². The molecule has 1 aliphatic heterocycles. The van der Waals surface area contributed by atoms with E-state index in [0.29, 0.717) is 18.8 Å². The molecule has 1 saturated heterocycles. The number of ether oxygens (including phenoxy) is 1. The van der Waals surface area contributed by atoms with E-state index in [1.165, 1.54) is 18.4 Å². The Balaban J connectivity index is 2.04. The number of carbonyl (C=O) groups is 1. The van der Waals surface area contributed by atoms with Gasteiger partial charge in [-0.2, -0.15) is 0 Å². The molecule has 25 heavy (non-hydrogen) atoms. The predicted molar refractivity (Wildman–Crippen MR) is 98.2 cm³/mol. The van der Waals surface area contributed by atoms with E-state index in [2.05, 4.69) is 26.1 Å². The summed E-state index contributed by atoms with van der Waals surface area (Å²) in [6.07, 6.45) is 0. The molecule has 0 bridgehead atoms. The van der Waals surface area contributed by atoms with Crippen molar-refractivity contribution in [1.29, 1.82) is 0 Å². The number of benzene rings is 1. The van der Waals surface area contributed by atoms with Gasteiger partial charge in [0.2, 0.25) is 10.0 Å². The largest absolute Gasteiger partial charge is 0.379 e. The number of hydrogen-bond acceptors (Lipinski definition) is 4. The molecule has 0 saturated carbocycles. The zero-order chi connectivity index (χ0) is 18.8. The summed E-state index contributed by atoms with van der Waals surface area (Å²) in [4.78, 5) is 12.5. The van der Waals surface area contributed by atoms with Gasteiger partial charge in [0.25, 0.3) is 5.91 Å². The molecule has 1 amide bonds. The third kappa shape index (κ3) is 5.03. The summed E-state index contributed by atoms with van der Waals surface area (Å²) in [6, 6.07) is 7.21. The standard InChI is InChI=1S/C18H28N2O4S/c1-18(2,3)15-8-6-13(7-9-15)17(21)19-16-11-24-10-14(16)12-25(22,23)20(4)5/h6-9,14,16H,10-12H2,1-5H3,(H,19,21)/t14-,16+/m0/s1. The topological polar surface area (TPSA) is 75.7 Å². The number of hydrogen-bond donors (Lipinski definition) is 1. The number of nitrogens with one attached hydrogen (secondary N) is 1. The summed E-state index contributed by atoms with van der Waals surface area (Å²) >= 11 is 0. The van der Waals surface area contributed by atoms with Gasteiger partial charge in [-0.25, -0.2) is 12.7 Å². The molecular weight excluding hydrogens is 340 g/mol. The predicted octanol–water partition coefficient (Wildman–Crippen LogP) is 1.62. The Labute approximate surface area is 150 Å². The summed E-state index contributed by atoms with van der Waals surface area (Å²) in [5.74, 6) is -0.484. The van der Waals surface area contributed by atoms with Crippen LogP contribution in [0.2, 0.25) is 0 Å². The van der Waals surface area contributed by atoms with Gasteiger partial charge in [0.05, 0.1) is 25.0 Å². The van der Waals surface area contributed by atoms with Crippen LogP contribution in [0.25, 0.3) is 0 Å². The molecule has 0 aromatic heterocycles. The molecule has 1 heterocycles. The summed E-state index contributed by atoms with van der Waals surface area (Å²) in [5, 5.41) is 2.92. The minimum absolute atomic E-state index is 0.0277. The maximum absolute atomic E-state index is 12.5. The van der Waals surface area contributed by atoms with Crippen LogP contribution in [-0.4, -0.2) is 57.7 Å². The minimum atomic E-state index is -3.33. The Hall–Kier alpha value is -1.44. The van der Waals surface area contributed by atoms with Crippen LogP contribution in [-0.2, 0) is 20.2 Å². The van der Waals surface area contributed by atoms with Crippen molar-refractivity contribution in [3.8, 4) is 0 Å². The number of nitrogens with zero attached hydrogens (tertiary/aromatic N) is 1. The van der Waals surface area contributed by atoms with Gasteiger partial charge in [0.15, 0.2) is 0 Å². The lowest BCUT2D eigenvalue weighted by Gasteiger charge is -2.22. The second-order valence-corrected chi connectivity index (χ2v) is 9.99. The van der Waals surface area contributed by atoms with E-state index < -0.39 is 10.0 Å². The van der Waals surface area contributed by atoms with Crippen molar-refractivity contribution in [2.24, 2.45) is 5.92 Å². The fraction of sp³-hybridized carbons (Fsp3) is 0.611. The first kappa shape index (κ1) is 19.9. The van der Waals surface area contributed by atoms with E-state index in [0.717, 1.165) is 5.56 Å². The number of carbonyl (C=O) groups excluding carboxylic acids is 1. The highest BCUT2D eigenvalue weighted by atomic mass is 32.2. The quantitative estimate of drug-likeness (QED) is 0.857. The molecule has 1 aliphatic rings. The van der Waals surface area contributed by atoms with Crippen molar-refractivity contribution in [3.63, 3.8) is 0 Å². The van der Waals surface area contributed by atoms with Crippen LogP contribution >= 0.6 is 0 Å². The first-order chi connectivity index (χ1) is 11.5. The smallest absolute Gasteiger partial charge is 0.251 e. The molecular formula is C18H28N2O4S. The van der Waals surface area contributed by atoms with E-state index in [1.807, 2.05) is 12.1 Å². The number of rotatable bonds is 5. The maximum Gasteiger partial charge on any atom is 0.251 e. The second-order valence-electron chi connectivity index (χ2n) is 7.77. The molecule has 0 unspecified atom stereocenters. The zero-order valence-electron chi connectivity index (χ0n) is 15.6. The average molecular weight is 368 g/mol. The Morgan fingerprint density at radius 1 is 1.20 bits per heavy atom. The van der Waals surface area contributed by atoms with E-state index in [4.69, 9.17) is 4.74 Å². The molecule has 0 aliphatic carbocycles. The minimum Gasteiger partial charge on any atom is -0.379 e. The number of amides is 1. The van der Waals surface area contributed by atoms with Gasteiger partial charge in [0.1, 0.15) is 0 Å². The summed E-state index contributed by atoms with van der Waals surface area (Å²) < 4.78 is 30.8. The highest BCUT2D eigenvalue weighted by molar-refractivity contribution is 7.89. The van der Waals surface area contributed by atoms with Gasteiger partial charge in [0, 0.05) is 25.6 Å². The second kappa shape index (κ2) is 7.43. The highest BCUT2D eigenvalue weighted by Crippen LogP contribution is 2.22. The first-order valence-corrected chi connectivity index (χ1v) is 10.0. The summed E-state index contributed by atoms with van der Waals surface area (Å²) in [7, 11) is -0.316. The lowest BCUT2D eigenvalue weighted by molar-refractivity contribution is 0.0926. The molecule has 2 atom stereocenters. The van der Waals surface area contributed by atoms with Crippen LogP contribution in [0.4, 0.5) is 0 Å². The van der Waals surface area contributed by atoms with Crippen molar-refractivity contribution in [1.82, 2.24) is 9.62 Å². The molecule has 1 N–H and O–H groups in total. The Kier molecular flexibility index (Phi) is 5.91. The Morgan fingerprint density at radius 3 is 2.32 bits per heavy atom. The zero-order valence-corrected chi connectivity index (χ0v) is 16.4. The van der Waals surface area contributed by atoms with Gasteiger partial charge in [-0.15, -0.1) is 0 Å². The fourth-order valence-electron chi connectivity index (χ4n) is 2.72. The maximum atomic E-state index is 12.5. The summed E-state index contributed by atoms with van der Waals surface area (Å²) in [6.45, 7) is 7.02. The lowest BCUT2D eigenvalue weighted by atomic mass is 9.86. The molecule has 7 heteroatoms. The van der Waals surface area contributed by atoms with E-state index >= 15 is 0 Å². The average Bonchev–Trinajstić information content (AvgIpc) is 2.92. The molecule has 1 fully saturated rings. The van der Waals surface area contributed by atoms with Gasteiger partial charge in [-0.1, -0.05) is 32.9 Å². The van der Waals surface area contributed by atoms with Crippen molar-refractivity contribution in [2.75, 3.05) is 33.1 Å². The van der Waals surface area contributed by atoms with E-state index in [-0.39, 0.29) is 29.0 Å². The highest BCUT2D eigenvalue weighted by Gasteiger charge is 2.34. The van der Waals surface area contributed by atoms with Crippen molar-refractivity contribution in [2.45, 2.75) is 32.2 Å². The normalized spacial score (nSPS) is 21.5. The van der Waals surface area contributed by atoms with Gasteiger partial charge in [-0.3, -0.25) is 4.79 Å². The first-order valence-electron chi connectivity index (χ1n) is 8.40. The molecule has 0 spiro atoms. The summed E-state index contributed by atoms with van der Waals surface area (Å²) in [5.41, 5.74) is 1.75. The Morgan fingerprint density at radius 2 is 1.80 bits per heavy atom. The van der Waals surface area contributed by atoms with E-state index in [1.54, 1.807) is 12.1 Å². The van der Waals surface area contributed by atoms with Crippen LogP contribution in [0, 0.1) is 5.92 Å². The molecule has 0 radical (unpaired) electrons. The molecule has 1 aromatic carbocycles. The molecule has 140 valence electrons. The third-order valence-corrected chi connectivity index (χ3v) is 6.47. The van der Waals surface area contributed by atoms with Crippen molar-refractivity contribution in [3.05, 3.63) is 35.4 Å². The van der Waals surface area contributed by atoms with Crippen LogP contribution < -0.4 is 5.32 Å². The monoisotopic (exact) mass is 368 g/mol. The van der Waals surface area contributed by atoms with Crippen LogP contribution in [0.15, 0.2) is 24.3 Å². The fourth-order valence-corrected chi connectivity index (χ4v) is 3.88. The molecule has 1 aromatic rings. The van der Waals surface area contributed by atoms with Crippen LogP contribution in [0.1, 0.15) is 36.7 Å². The van der Waals surface area contributed by atoms with Gasteiger partial charge >= 0.3 is 0 Å². The number of sulfonamides is 1. The van der Waals surface area contributed by atoms with Crippen molar-refractivity contribution < 1.29 is 17.9 Å².